The molecule has 12 nitrogen and oxygen atoms in total. The van der Waals surface area contributed by atoms with Crippen molar-refractivity contribution in [3.05, 3.63) is 60.1 Å². The summed E-state index contributed by atoms with van der Waals surface area (Å²) in [4.78, 5) is 42.9. The van der Waals surface area contributed by atoms with Crippen LogP contribution in [0.1, 0.15) is 60.8 Å². The minimum Gasteiger partial charge on any atom is -0.494 e. The lowest BCUT2D eigenvalue weighted by molar-refractivity contribution is -0.111. The van der Waals surface area contributed by atoms with E-state index in [4.69, 9.17) is 31.8 Å². The number of hydrogen-bond acceptors (Lipinski definition) is 11. The van der Waals surface area contributed by atoms with Crippen molar-refractivity contribution in [2.75, 3.05) is 68.1 Å². The molecule has 2 N–H and O–H groups in total. The molecule has 3 heterocycles. The Morgan fingerprint density at radius 2 is 1.98 bits per heavy atom. The number of nitrogens with one attached hydrogen (secondary N) is 2. The molecule has 1 aromatic carbocycles. The molecule has 1 fully saturated rings. The lowest BCUT2D eigenvalue weighted by atomic mass is 10.0. The fraction of sp³-hybridized carbons (Fsp3) is 0.424. The Morgan fingerprint density at radius 1 is 1.18 bits per heavy atom. The number of nitrogens with zero attached hydrogens (tertiary/aromatic N) is 6. The van der Waals surface area contributed by atoms with E-state index in [-0.39, 0.29) is 50.5 Å². The van der Waals surface area contributed by atoms with Gasteiger partial charge >= 0.3 is 5.97 Å². The van der Waals surface area contributed by atoms with E-state index in [1.54, 1.807) is 13.8 Å². The van der Waals surface area contributed by atoms with Crippen LogP contribution in [0.25, 0.3) is 0 Å². The van der Waals surface area contributed by atoms with Crippen LogP contribution >= 0.6 is 0 Å². The smallest absolute Gasteiger partial charge is 0.343 e. The number of pyridine rings is 1. The fourth-order valence-electron chi connectivity index (χ4n) is 5.20. The molecule has 0 saturated heterocycles. The van der Waals surface area contributed by atoms with Gasteiger partial charge < -0.3 is 34.8 Å². The minimum absolute atomic E-state index is 0.00943. The third-order valence-corrected chi connectivity index (χ3v) is 7.55. The number of methoxy groups -OCH3 is 1. The third kappa shape index (κ3) is 6.70. The summed E-state index contributed by atoms with van der Waals surface area (Å²) in [5.74, 6) is -1.000. The van der Waals surface area contributed by atoms with E-state index in [9.17, 15) is 9.59 Å². The van der Waals surface area contributed by atoms with Crippen LogP contribution in [0.15, 0.2) is 43.1 Å². The Balaban J connectivity index is 1.59. The molecule has 238 valence electrons. The molecule has 2 aliphatic rings. The number of amides is 1. The maximum absolute atomic E-state index is 13.4. The van der Waals surface area contributed by atoms with E-state index >= 15 is 0 Å². The number of aromatic nitrogens is 3. The summed E-state index contributed by atoms with van der Waals surface area (Å²) < 4.78 is 82.2. The zero-order valence-electron chi connectivity index (χ0n) is 34.6. The van der Waals surface area contributed by atoms with Gasteiger partial charge in [0.2, 0.25) is 11.9 Å². The number of fused-ring (bicyclic) bond motifs is 2. The molecule has 1 spiro atoms. The lowest BCUT2D eigenvalue weighted by Gasteiger charge is -2.26. The first-order valence-corrected chi connectivity index (χ1v) is 14.4. The summed E-state index contributed by atoms with van der Waals surface area (Å²) in [6.07, 6.45) is 3.74. The van der Waals surface area contributed by atoms with Crippen LogP contribution in [0, 0.1) is 6.92 Å². The van der Waals surface area contributed by atoms with Crippen LogP contribution in [0.2, 0.25) is 0 Å². The van der Waals surface area contributed by atoms with Crippen LogP contribution in [0.4, 0.5) is 34.5 Å². The van der Waals surface area contributed by atoms with Gasteiger partial charge in [-0.3, -0.25) is 9.78 Å². The number of anilines is 6. The summed E-state index contributed by atoms with van der Waals surface area (Å²) >= 11 is 0. The zero-order chi connectivity index (χ0) is 40.0. The van der Waals surface area contributed by atoms with E-state index in [2.05, 4.69) is 22.2 Å². The lowest BCUT2D eigenvalue weighted by Crippen LogP contribution is -2.29. The molecule has 12 heteroatoms. The second-order valence-corrected chi connectivity index (χ2v) is 11.3. The number of esters is 1. The third-order valence-electron chi connectivity index (χ3n) is 7.55. The summed E-state index contributed by atoms with van der Waals surface area (Å²) in [5, 5.41) is 5.63. The van der Waals surface area contributed by atoms with Gasteiger partial charge in [-0.15, -0.1) is 0 Å². The molecule has 1 aliphatic carbocycles. The highest BCUT2D eigenvalue weighted by Crippen LogP contribution is 2.57. The molecule has 3 aromatic rings. The first-order valence-electron chi connectivity index (χ1n) is 18.9. The second kappa shape index (κ2) is 12.7. The molecular formula is C33H42N8O4. The number of ether oxygens (including phenoxy) is 2. The van der Waals surface area contributed by atoms with Gasteiger partial charge in [0.1, 0.15) is 11.3 Å². The normalized spacial score (nSPS) is 18.2. The highest BCUT2D eigenvalue weighted by Gasteiger charge is 2.54. The van der Waals surface area contributed by atoms with Gasteiger partial charge in [0.05, 0.1) is 41.7 Å². The predicted molar refractivity (Wildman–Crippen MR) is 176 cm³/mol. The molecule has 1 amide bonds. The topological polar surface area (TPSA) is 125 Å². The Kier molecular flexibility index (Phi) is 6.19. The molecule has 45 heavy (non-hydrogen) atoms. The largest absolute Gasteiger partial charge is 0.494 e. The van der Waals surface area contributed by atoms with Crippen molar-refractivity contribution in [3.8, 4) is 5.75 Å². The Morgan fingerprint density at radius 3 is 2.64 bits per heavy atom. The van der Waals surface area contributed by atoms with Crippen LogP contribution < -0.4 is 25.2 Å². The van der Waals surface area contributed by atoms with Gasteiger partial charge in [-0.1, -0.05) is 6.58 Å². The maximum Gasteiger partial charge on any atom is 0.343 e. The summed E-state index contributed by atoms with van der Waals surface area (Å²) in [6.45, 7) is -1.02. The zero-order valence-corrected chi connectivity index (χ0v) is 25.6. The van der Waals surface area contributed by atoms with Crippen molar-refractivity contribution >= 4 is 46.4 Å². The Labute approximate surface area is 277 Å². The molecule has 0 atom stereocenters. The van der Waals surface area contributed by atoms with Crippen LogP contribution in [-0.4, -0.2) is 85.5 Å². The van der Waals surface area contributed by atoms with Crippen molar-refractivity contribution in [2.45, 2.75) is 45.1 Å². The number of aryl methyl sites for hydroxylation is 1. The van der Waals surface area contributed by atoms with Gasteiger partial charge in [0, 0.05) is 62.3 Å². The Hall–Kier alpha value is -4.71. The first kappa shape index (κ1) is 21.9. The van der Waals surface area contributed by atoms with Crippen molar-refractivity contribution < 1.29 is 31.4 Å². The van der Waals surface area contributed by atoms with Gasteiger partial charge in [0.25, 0.3) is 0 Å². The molecular weight excluding hydrogens is 572 g/mol. The number of carbonyl (C=O) groups excluding carboxylic acids is 2. The molecule has 1 saturated carbocycles. The monoisotopic (exact) mass is 623 g/mol. The molecule has 1 aliphatic heterocycles. The number of rotatable bonds is 12. The van der Waals surface area contributed by atoms with E-state index in [1.165, 1.54) is 25.4 Å². The van der Waals surface area contributed by atoms with E-state index in [0.29, 0.717) is 6.54 Å². The van der Waals surface area contributed by atoms with E-state index < -0.39 is 52.0 Å². The predicted octanol–water partition coefficient (Wildman–Crippen LogP) is 4.80. The van der Waals surface area contributed by atoms with Gasteiger partial charge in [-0.2, -0.15) is 4.98 Å². The second-order valence-electron chi connectivity index (χ2n) is 11.3. The molecule has 0 radical (unpaired) electrons. The number of benzene rings is 1. The molecule has 0 bridgehead atoms. The minimum atomic E-state index is -3.07. The fourth-order valence-corrected chi connectivity index (χ4v) is 5.20. The van der Waals surface area contributed by atoms with Crippen LogP contribution in [0.3, 0.4) is 0 Å². The average molecular weight is 624 g/mol. The van der Waals surface area contributed by atoms with Crippen molar-refractivity contribution in [1.82, 2.24) is 19.9 Å². The summed E-state index contributed by atoms with van der Waals surface area (Å²) in [7, 11) is 1.32. The highest BCUT2D eigenvalue weighted by molar-refractivity contribution is 6.02. The SMILES string of the molecule is [2H]C([2H])([2H])N(CCN(C([2H])([2H])[2H])C([2H])([2H])[2H])c1cc(OC)c(Nc2ncc(C(=O)OC(C)C)c(N3CC4(CC4)c4nc(C)ccc43)n2)cc1NC(=O)C=C. The quantitative estimate of drug-likeness (QED) is 0.213. The molecule has 5 rings (SSSR count). The number of likely N-dealkylation sites (N-methyl/N-ethyl adjacent to an activating group) is 2. The molecule has 2 aromatic heterocycles. The maximum atomic E-state index is 13.4. The highest BCUT2D eigenvalue weighted by atomic mass is 16.5. The number of hydrogen-bond donors (Lipinski definition) is 2. The first-order chi connectivity index (χ1) is 25.1. The Bertz CT molecular complexity index is 1920. The van der Waals surface area contributed by atoms with Crippen LogP contribution in [-0.2, 0) is 14.9 Å². The van der Waals surface area contributed by atoms with Gasteiger partial charge in [-0.05, 0) is 71.8 Å². The average Bonchev–Trinajstić information content (AvgIpc) is 3.77. The number of carbonyl (C=O) groups is 2. The summed E-state index contributed by atoms with van der Waals surface area (Å²) in [5.41, 5.74) is 2.51. The van der Waals surface area contributed by atoms with Crippen molar-refractivity contribution in [1.29, 1.82) is 0 Å². The van der Waals surface area contributed by atoms with Crippen LogP contribution in [0.5, 0.6) is 5.75 Å². The van der Waals surface area contributed by atoms with Gasteiger partial charge in [-0.25, -0.2) is 9.78 Å². The van der Waals surface area contributed by atoms with E-state index in [0.717, 1.165) is 40.9 Å². The summed E-state index contributed by atoms with van der Waals surface area (Å²) in [6, 6.07) is 6.48. The van der Waals surface area contributed by atoms with Gasteiger partial charge in [0.15, 0.2) is 5.82 Å². The van der Waals surface area contributed by atoms with Crippen molar-refractivity contribution in [3.63, 3.8) is 0 Å². The van der Waals surface area contributed by atoms with E-state index in [1.807, 2.05) is 24.0 Å². The standard InChI is InChI=1S/C33H42N8O4/c1-9-28(42)36-23-16-24(27(44-8)17-26(23)40(7)15-14-39(5)6)37-32-34-18-22(31(43)45-20(2)3)30(38-32)41-19-33(12-13-33)29-25(41)11-10-21(4)35-29/h9-11,16-18,20H,1,12-15,19H2,2-8H3,(H,36,42)(H,34,37,38)/i5D3,6D3,7D3. The van der Waals surface area contributed by atoms with Crippen molar-refractivity contribution in [2.24, 2.45) is 0 Å². The molecule has 0 unspecified atom stereocenters.